The predicted molar refractivity (Wildman–Crippen MR) is 81.6 cm³/mol. The Morgan fingerprint density at radius 3 is 2.80 bits per heavy atom. The number of nitrogens with one attached hydrogen (secondary N) is 1. The Bertz CT molecular complexity index is 474. The molecule has 110 valence electrons. The van der Waals surface area contributed by atoms with Crippen molar-refractivity contribution in [3.63, 3.8) is 0 Å². The normalized spacial score (nSPS) is 17.9. The summed E-state index contributed by atoms with van der Waals surface area (Å²) in [6.45, 7) is 2.29. The number of likely N-dealkylation sites (N-methyl/N-ethyl adjacent to an activating group) is 1. The largest absolute Gasteiger partial charge is 0.352 e. The molecule has 5 heteroatoms. The van der Waals surface area contributed by atoms with Gasteiger partial charge in [-0.2, -0.15) is 0 Å². The van der Waals surface area contributed by atoms with Crippen molar-refractivity contribution in [2.75, 3.05) is 13.6 Å². The third kappa shape index (κ3) is 4.20. The van der Waals surface area contributed by atoms with Crippen LogP contribution >= 0.6 is 11.6 Å². The van der Waals surface area contributed by atoms with E-state index in [1.165, 1.54) is 0 Å². The van der Waals surface area contributed by atoms with Crippen LogP contribution in [0.15, 0.2) is 24.3 Å². The molecule has 0 bridgehead atoms. The molecular weight excluding hydrogens is 274 g/mol. The zero-order valence-corrected chi connectivity index (χ0v) is 12.7. The molecule has 1 saturated carbocycles. The average molecular weight is 296 g/mol. The van der Waals surface area contributed by atoms with Crippen molar-refractivity contribution < 1.29 is 4.79 Å². The molecule has 2 rings (SSSR count). The molecule has 3 N–H and O–H groups in total. The van der Waals surface area contributed by atoms with Crippen molar-refractivity contribution in [3.8, 4) is 0 Å². The molecule has 20 heavy (non-hydrogen) atoms. The smallest absolute Gasteiger partial charge is 0.234 e. The van der Waals surface area contributed by atoms with E-state index in [1.807, 2.05) is 43.1 Å². The lowest BCUT2D eigenvalue weighted by molar-refractivity contribution is -0.122. The molecule has 1 aliphatic rings. The monoisotopic (exact) mass is 295 g/mol. The lowest BCUT2D eigenvalue weighted by Gasteiger charge is -2.31. The minimum atomic E-state index is -0.0906. The van der Waals surface area contributed by atoms with E-state index in [-0.39, 0.29) is 18.0 Å². The molecule has 0 spiro atoms. The van der Waals surface area contributed by atoms with Gasteiger partial charge in [-0.1, -0.05) is 23.7 Å². The van der Waals surface area contributed by atoms with Crippen molar-refractivity contribution in [2.45, 2.75) is 37.9 Å². The van der Waals surface area contributed by atoms with Gasteiger partial charge in [-0.3, -0.25) is 9.69 Å². The minimum absolute atomic E-state index is 0.0290. The number of hydrogen-bond donors (Lipinski definition) is 2. The van der Waals surface area contributed by atoms with E-state index in [0.717, 1.165) is 18.4 Å². The van der Waals surface area contributed by atoms with Crippen molar-refractivity contribution in [1.82, 2.24) is 10.2 Å². The van der Waals surface area contributed by atoms with Crippen LogP contribution in [0.5, 0.6) is 0 Å². The number of rotatable bonds is 6. The highest BCUT2D eigenvalue weighted by molar-refractivity contribution is 6.30. The SMILES string of the molecule is CC(N)C(c1cccc(Cl)c1)N(C)CC(=O)NC1CC1. The maximum atomic E-state index is 11.9. The van der Waals surface area contributed by atoms with Crippen LogP contribution in [-0.2, 0) is 4.79 Å². The van der Waals surface area contributed by atoms with Crippen molar-refractivity contribution in [3.05, 3.63) is 34.9 Å². The summed E-state index contributed by atoms with van der Waals surface area (Å²) in [5, 5.41) is 3.68. The van der Waals surface area contributed by atoms with Gasteiger partial charge in [0.05, 0.1) is 6.54 Å². The van der Waals surface area contributed by atoms with Crippen molar-refractivity contribution in [2.24, 2.45) is 5.73 Å². The summed E-state index contributed by atoms with van der Waals surface area (Å²) >= 11 is 6.04. The van der Waals surface area contributed by atoms with Gasteiger partial charge >= 0.3 is 0 Å². The first-order valence-electron chi connectivity index (χ1n) is 6.98. The number of carbonyl (C=O) groups is 1. The molecule has 1 aromatic carbocycles. The molecule has 2 unspecified atom stereocenters. The molecule has 0 heterocycles. The quantitative estimate of drug-likeness (QED) is 0.843. The summed E-state index contributed by atoms with van der Waals surface area (Å²) in [4.78, 5) is 13.9. The Hall–Kier alpha value is -1.10. The van der Waals surface area contributed by atoms with E-state index >= 15 is 0 Å². The Kier molecular flexibility index (Phi) is 5.02. The average Bonchev–Trinajstić information content (AvgIpc) is 3.12. The number of amides is 1. The van der Waals surface area contributed by atoms with Gasteiger partial charge in [-0.05, 0) is 44.5 Å². The van der Waals surface area contributed by atoms with E-state index < -0.39 is 0 Å². The van der Waals surface area contributed by atoms with Gasteiger partial charge in [0.2, 0.25) is 5.91 Å². The van der Waals surface area contributed by atoms with E-state index in [4.69, 9.17) is 17.3 Å². The first-order chi connectivity index (χ1) is 9.47. The first-order valence-corrected chi connectivity index (χ1v) is 7.36. The number of hydrogen-bond acceptors (Lipinski definition) is 3. The molecule has 0 aromatic heterocycles. The van der Waals surface area contributed by atoms with Crippen LogP contribution in [0.1, 0.15) is 31.4 Å². The highest BCUT2D eigenvalue weighted by Gasteiger charge is 2.26. The van der Waals surface area contributed by atoms with Crippen LogP contribution in [-0.4, -0.2) is 36.5 Å². The Morgan fingerprint density at radius 2 is 2.25 bits per heavy atom. The van der Waals surface area contributed by atoms with Crippen molar-refractivity contribution in [1.29, 1.82) is 0 Å². The maximum Gasteiger partial charge on any atom is 0.234 e. The third-order valence-electron chi connectivity index (χ3n) is 3.50. The zero-order chi connectivity index (χ0) is 14.7. The summed E-state index contributed by atoms with van der Waals surface area (Å²) in [6.07, 6.45) is 2.20. The van der Waals surface area contributed by atoms with Crippen LogP contribution in [0.2, 0.25) is 5.02 Å². The van der Waals surface area contributed by atoms with E-state index in [2.05, 4.69) is 5.32 Å². The Labute approximate surface area is 125 Å². The minimum Gasteiger partial charge on any atom is -0.352 e. The highest BCUT2D eigenvalue weighted by Crippen LogP contribution is 2.25. The van der Waals surface area contributed by atoms with Gasteiger partial charge in [0.15, 0.2) is 0 Å². The van der Waals surface area contributed by atoms with Gasteiger partial charge in [-0.25, -0.2) is 0 Å². The molecule has 1 amide bonds. The summed E-state index contributed by atoms with van der Waals surface area (Å²) in [5.41, 5.74) is 7.13. The van der Waals surface area contributed by atoms with E-state index in [0.29, 0.717) is 17.6 Å². The van der Waals surface area contributed by atoms with Gasteiger partial charge in [0, 0.05) is 23.1 Å². The molecular formula is C15H22ClN3O. The fraction of sp³-hybridized carbons (Fsp3) is 0.533. The fourth-order valence-corrected chi connectivity index (χ4v) is 2.67. The molecule has 1 aromatic rings. The first kappa shape index (κ1) is 15.3. The van der Waals surface area contributed by atoms with Gasteiger partial charge in [0.25, 0.3) is 0 Å². The molecule has 0 saturated heterocycles. The summed E-state index contributed by atoms with van der Waals surface area (Å²) < 4.78 is 0. The number of carbonyl (C=O) groups excluding carboxylic acids is 1. The van der Waals surface area contributed by atoms with Gasteiger partial charge in [-0.15, -0.1) is 0 Å². The van der Waals surface area contributed by atoms with Gasteiger partial charge < -0.3 is 11.1 Å². The maximum absolute atomic E-state index is 11.9. The van der Waals surface area contributed by atoms with Crippen LogP contribution in [0.3, 0.4) is 0 Å². The lowest BCUT2D eigenvalue weighted by Crippen LogP contribution is -2.43. The number of halogens is 1. The molecule has 0 radical (unpaired) electrons. The second-order valence-corrected chi connectivity index (χ2v) is 6.05. The van der Waals surface area contributed by atoms with Crippen LogP contribution in [0, 0.1) is 0 Å². The van der Waals surface area contributed by atoms with E-state index in [1.54, 1.807) is 0 Å². The third-order valence-corrected chi connectivity index (χ3v) is 3.73. The molecule has 1 aliphatic carbocycles. The topological polar surface area (TPSA) is 58.4 Å². The Balaban J connectivity index is 2.05. The molecule has 4 nitrogen and oxygen atoms in total. The number of benzene rings is 1. The summed E-state index contributed by atoms with van der Waals surface area (Å²) in [6, 6.07) is 7.91. The fourth-order valence-electron chi connectivity index (χ4n) is 2.48. The Morgan fingerprint density at radius 1 is 1.55 bits per heavy atom. The lowest BCUT2D eigenvalue weighted by atomic mass is 9.99. The number of nitrogens with zero attached hydrogens (tertiary/aromatic N) is 1. The zero-order valence-electron chi connectivity index (χ0n) is 12.0. The molecule has 1 fully saturated rings. The standard InChI is InChI=1S/C15H22ClN3O/c1-10(17)15(11-4-3-5-12(16)8-11)19(2)9-14(20)18-13-6-7-13/h3-5,8,10,13,15H,6-7,9,17H2,1-2H3,(H,18,20). The van der Waals surface area contributed by atoms with Crippen LogP contribution in [0.25, 0.3) is 0 Å². The van der Waals surface area contributed by atoms with E-state index in [9.17, 15) is 4.79 Å². The summed E-state index contributed by atoms with van der Waals surface area (Å²) in [7, 11) is 1.92. The second kappa shape index (κ2) is 6.57. The summed E-state index contributed by atoms with van der Waals surface area (Å²) in [5.74, 6) is 0.0580. The molecule has 0 aliphatic heterocycles. The number of nitrogens with two attached hydrogens (primary N) is 1. The molecule has 2 atom stereocenters. The van der Waals surface area contributed by atoms with Gasteiger partial charge in [0.1, 0.15) is 0 Å². The highest BCUT2D eigenvalue weighted by atomic mass is 35.5. The van der Waals surface area contributed by atoms with Crippen LogP contribution in [0.4, 0.5) is 0 Å². The van der Waals surface area contributed by atoms with Crippen LogP contribution < -0.4 is 11.1 Å². The van der Waals surface area contributed by atoms with Crippen molar-refractivity contribution >= 4 is 17.5 Å². The predicted octanol–water partition coefficient (Wildman–Crippen LogP) is 1.94. The second-order valence-electron chi connectivity index (χ2n) is 5.62.